The Hall–Kier alpha value is -0.900. The highest BCUT2D eigenvalue weighted by Gasteiger charge is 2.01. The summed E-state index contributed by atoms with van der Waals surface area (Å²) in [7, 11) is 0. The molecule has 0 saturated carbocycles. The minimum atomic E-state index is -0.270. The number of aryl methyl sites for hydroxylation is 2. The van der Waals surface area contributed by atoms with E-state index < -0.39 is 0 Å². The Balaban J connectivity index is 2.39. The molecule has 0 aliphatic rings. The van der Waals surface area contributed by atoms with E-state index in [0.717, 1.165) is 24.5 Å². The summed E-state index contributed by atoms with van der Waals surface area (Å²) in [6, 6.07) is 0. The Bertz CT molecular complexity index is 219. The smallest absolute Gasteiger partial charge is 0.150 e. The lowest BCUT2D eigenvalue weighted by atomic mass is 10.2. The summed E-state index contributed by atoms with van der Waals surface area (Å²) in [6.07, 6.45) is 1.19. The molecule has 0 aliphatic carbocycles. The molecule has 62 valence electrons. The Morgan fingerprint density at radius 3 is 2.82 bits per heavy atom. The molecule has 0 saturated heterocycles. The van der Waals surface area contributed by atoms with Crippen LogP contribution in [0.15, 0.2) is 0 Å². The van der Waals surface area contributed by atoms with Gasteiger partial charge in [-0.05, 0) is 20.3 Å². The topological polar surface area (TPSA) is 61.8 Å². The number of aromatic amines is 1. The fraction of sp³-hybridized carbons (Fsp3) is 0.714. The molecule has 4 heteroatoms. The maximum absolute atomic E-state index is 8.95. The highest BCUT2D eigenvalue weighted by molar-refractivity contribution is 4.87. The number of aliphatic hydroxyl groups is 1. The molecule has 1 atom stereocenters. The summed E-state index contributed by atoms with van der Waals surface area (Å²) in [5, 5.41) is 15.6. The van der Waals surface area contributed by atoms with Crippen molar-refractivity contribution in [3.05, 3.63) is 11.6 Å². The second-order valence-corrected chi connectivity index (χ2v) is 2.72. The molecule has 4 nitrogen and oxygen atoms in total. The standard InChI is InChI=1S/C7H13N3O/c1-5(11)3-4-7-8-6(2)9-10-7/h5,11H,3-4H2,1-2H3,(H,8,9,10). The van der Waals surface area contributed by atoms with E-state index in [2.05, 4.69) is 15.2 Å². The molecule has 0 amide bonds. The molecule has 0 spiro atoms. The number of H-pyrrole nitrogens is 1. The number of hydrogen-bond donors (Lipinski definition) is 2. The van der Waals surface area contributed by atoms with E-state index in [1.54, 1.807) is 6.92 Å². The molecular formula is C7H13N3O. The second-order valence-electron chi connectivity index (χ2n) is 2.72. The lowest BCUT2D eigenvalue weighted by Gasteiger charge is -1.98. The normalized spacial score (nSPS) is 13.4. The molecule has 0 fully saturated rings. The van der Waals surface area contributed by atoms with Crippen molar-refractivity contribution in [2.24, 2.45) is 0 Å². The predicted octanol–water partition coefficient (Wildman–Crippen LogP) is 0.427. The van der Waals surface area contributed by atoms with E-state index >= 15 is 0 Å². The molecule has 0 bridgehead atoms. The zero-order valence-electron chi connectivity index (χ0n) is 6.83. The molecular weight excluding hydrogens is 142 g/mol. The van der Waals surface area contributed by atoms with Gasteiger partial charge in [0.25, 0.3) is 0 Å². The third-order valence-electron chi connectivity index (χ3n) is 1.43. The summed E-state index contributed by atoms with van der Waals surface area (Å²) in [5.41, 5.74) is 0. The molecule has 1 aromatic rings. The monoisotopic (exact) mass is 155 g/mol. The zero-order valence-corrected chi connectivity index (χ0v) is 6.83. The molecule has 11 heavy (non-hydrogen) atoms. The Morgan fingerprint density at radius 2 is 2.36 bits per heavy atom. The molecule has 1 aromatic heterocycles. The summed E-state index contributed by atoms with van der Waals surface area (Å²) < 4.78 is 0. The van der Waals surface area contributed by atoms with E-state index in [-0.39, 0.29) is 6.10 Å². The Labute approximate surface area is 65.7 Å². The van der Waals surface area contributed by atoms with Crippen LogP contribution in [-0.4, -0.2) is 26.4 Å². The van der Waals surface area contributed by atoms with Gasteiger partial charge in [0.05, 0.1) is 6.10 Å². The molecule has 2 N–H and O–H groups in total. The molecule has 1 unspecified atom stereocenters. The second kappa shape index (κ2) is 3.48. The van der Waals surface area contributed by atoms with Crippen molar-refractivity contribution in [2.75, 3.05) is 0 Å². The van der Waals surface area contributed by atoms with Crippen LogP contribution in [0.2, 0.25) is 0 Å². The van der Waals surface area contributed by atoms with Gasteiger partial charge in [-0.3, -0.25) is 5.10 Å². The maximum atomic E-state index is 8.95. The van der Waals surface area contributed by atoms with Crippen LogP contribution in [0.4, 0.5) is 0 Å². The molecule has 1 heterocycles. The van der Waals surface area contributed by atoms with Crippen molar-refractivity contribution < 1.29 is 5.11 Å². The molecule has 0 aliphatic heterocycles. The maximum Gasteiger partial charge on any atom is 0.150 e. The largest absolute Gasteiger partial charge is 0.393 e. The SMILES string of the molecule is Cc1nc(CCC(C)O)n[nH]1. The van der Waals surface area contributed by atoms with Gasteiger partial charge in [-0.2, -0.15) is 5.10 Å². The van der Waals surface area contributed by atoms with Crippen molar-refractivity contribution >= 4 is 0 Å². The fourth-order valence-electron chi connectivity index (χ4n) is 0.839. The van der Waals surface area contributed by atoms with E-state index in [1.165, 1.54) is 0 Å². The first kappa shape index (κ1) is 8.20. The first-order valence-corrected chi connectivity index (χ1v) is 3.74. The number of rotatable bonds is 3. The summed E-state index contributed by atoms with van der Waals surface area (Å²) in [4.78, 5) is 4.10. The van der Waals surface area contributed by atoms with Crippen LogP contribution in [0.5, 0.6) is 0 Å². The minimum absolute atomic E-state index is 0.270. The number of aliphatic hydroxyl groups excluding tert-OH is 1. The lowest BCUT2D eigenvalue weighted by Crippen LogP contribution is -2.02. The van der Waals surface area contributed by atoms with Gasteiger partial charge in [0, 0.05) is 6.42 Å². The van der Waals surface area contributed by atoms with Crippen molar-refractivity contribution in [3.63, 3.8) is 0 Å². The van der Waals surface area contributed by atoms with E-state index in [9.17, 15) is 0 Å². The van der Waals surface area contributed by atoms with Gasteiger partial charge in [0.1, 0.15) is 5.82 Å². The number of aromatic nitrogens is 3. The first-order chi connectivity index (χ1) is 5.18. The van der Waals surface area contributed by atoms with Gasteiger partial charge in [0.2, 0.25) is 0 Å². The third-order valence-corrected chi connectivity index (χ3v) is 1.43. The number of hydrogen-bond acceptors (Lipinski definition) is 3. The van der Waals surface area contributed by atoms with Crippen LogP contribution < -0.4 is 0 Å². The minimum Gasteiger partial charge on any atom is -0.393 e. The van der Waals surface area contributed by atoms with Gasteiger partial charge < -0.3 is 5.11 Å². The van der Waals surface area contributed by atoms with E-state index in [1.807, 2.05) is 6.92 Å². The summed E-state index contributed by atoms with van der Waals surface area (Å²) in [5.74, 6) is 1.61. The van der Waals surface area contributed by atoms with Crippen LogP contribution in [0.25, 0.3) is 0 Å². The van der Waals surface area contributed by atoms with E-state index in [4.69, 9.17) is 5.11 Å². The third kappa shape index (κ3) is 2.67. The van der Waals surface area contributed by atoms with Gasteiger partial charge in [-0.15, -0.1) is 0 Å². The molecule has 1 rings (SSSR count). The van der Waals surface area contributed by atoms with Crippen molar-refractivity contribution in [2.45, 2.75) is 32.8 Å². The van der Waals surface area contributed by atoms with Crippen LogP contribution in [-0.2, 0) is 6.42 Å². The quantitative estimate of drug-likeness (QED) is 0.665. The van der Waals surface area contributed by atoms with Crippen LogP contribution in [0.3, 0.4) is 0 Å². The fourth-order valence-corrected chi connectivity index (χ4v) is 0.839. The lowest BCUT2D eigenvalue weighted by molar-refractivity contribution is 0.184. The van der Waals surface area contributed by atoms with Gasteiger partial charge >= 0.3 is 0 Å². The Kier molecular flexibility index (Phi) is 2.59. The van der Waals surface area contributed by atoms with Crippen molar-refractivity contribution in [1.29, 1.82) is 0 Å². The highest BCUT2D eigenvalue weighted by Crippen LogP contribution is 1.98. The predicted molar refractivity (Wildman–Crippen MR) is 41.1 cm³/mol. The van der Waals surface area contributed by atoms with Crippen LogP contribution >= 0.6 is 0 Å². The zero-order chi connectivity index (χ0) is 8.27. The summed E-state index contributed by atoms with van der Waals surface area (Å²) >= 11 is 0. The van der Waals surface area contributed by atoms with Gasteiger partial charge in [-0.25, -0.2) is 4.98 Å². The number of nitrogens with one attached hydrogen (secondary N) is 1. The van der Waals surface area contributed by atoms with Gasteiger partial charge in [-0.1, -0.05) is 0 Å². The number of nitrogens with zero attached hydrogens (tertiary/aromatic N) is 2. The van der Waals surface area contributed by atoms with Crippen LogP contribution in [0, 0.1) is 6.92 Å². The van der Waals surface area contributed by atoms with Crippen molar-refractivity contribution in [1.82, 2.24) is 15.2 Å². The highest BCUT2D eigenvalue weighted by atomic mass is 16.3. The average Bonchev–Trinajstić information content (AvgIpc) is 2.31. The average molecular weight is 155 g/mol. The molecule has 0 radical (unpaired) electrons. The summed E-state index contributed by atoms with van der Waals surface area (Å²) in [6.45, 7) is 3.62. The van der Waals surface area contributed by atoms with Crippen molar-refractivity contribution in [3.8, 4) is 0 Å². The van der Waals surface area contributed by atoms with Gasteiger partial charge in [0.15, 0.2) is 5.82 Å². The Morgan fingerprint density at radius 1 is 1.64 bits per heavy atom. The first-order valence-electron chi connectivity index (χ1n) is 3.74. The van der Waals surface area contributed by atoms with E-state index in [0.29, 0.717) is 0 Å². The molecule has 0 aromatic carbocycles. The van der Waals surface area contributed by atoms with Crippen LogP contribution in [0.1, 0.15) is 25.0 Å².